The van der Waals surface area contributed by atoms with E-state index >= 15 is 0 Å². The fourth-order valence-corrected chi connectivity index (χ4v) is 2.37. The number of aromatic nitrogens is 2. The summed E-state index contributed by atoms with van der Waals surface area (Å²) < 4.78 is 11.8. The van der Waals surface area contributed by atoms with Crippen LogP contribution in [-0.4, -0.2) is 10.1 Å². The van der Waals surface area contributed by atoms with E-state index in [1.54, 1.807) is 0 Å². The molecule has 1 heterocycles. The number of nitrogens with zero attached hydrogens (tertiary/aromatic N) is 2. The fraction of sp³-hybridized carbons (Fsp3) is 0.385. The Morgan fingerprint density at radius 1 is 1.42 bits per heavy atom. The minimum Gasteiger partial charge on any atom is -0.482 e. The zero-order valence-corrected chi connectivity index (χ0v) is 11.9. The van der Waals surface area contributed by atoms with Crippen molar-refractivity contribution < 1.29 is 9.26 Å². The normalized spacial score (nSPS) is 14.6. The summed E-state index contributed by atoms with van der Waals surface area (Å²) in [6, 6.07) is 5.78. The van der Waals surface area contributed by atoms with E-state index in [0.29, 0.717) is 18.4 Å². The minimum atomic E-state index is 0.259. The first-order chi connectivity index (χ1) is 9.28. The molecule has 5 nitrogen and oxygen atoms in total. The Labute approximate surface area is 119 Å². The predicted molar refractivity (Wildman–Crippen MR) is 72.6 cm³/mol. The van der Waals surface area contributed by atoms with Gasteiger partial charge in [0.15, 0.2) is 12.4 Å². The average molecular weight is 324 g/mol. The van der Waals surface area contributed by atoms with Crippen LogP contribution in [-0.2, 0) is 13.2 Å². The van der Waals surface area contributed by atoms with Crippen molar-refractivity contribution in [3.05, 3.63) is 40.0 Å². The summed E-state index contributed by atoms with van der Waals surface area (Å²) in [5.41, 5.74) is 6.63. The Bertz CT molecular complexity index is 581. The van der Waals surface area contributed by atoms with Crippen molar-refractivity contribution in [2.45, 2.75) is 31.9 Å². The summed E-state index contributed by atoms with van der Waals surface area (Å²) in [5, 5.41) is 3.95. The lowest BCUT2D eigenvalue weighted by Gasteiger charge is -2.10. The molecule has 0 spiro atoms. The molecular formula is C13H14BrN3O2. The van der Waals surface area contributed by atoms with Crippen LogP contribution in [0.5, 0.6) is 5.75 Å². The summed E-state index contributed by atoms with van der Waals surface area (Å²) in [6.45, 7) is 0.682. The Kier molecular flexibility index (Phi) is 3.52. The van der Waals surface area contributed by atoms with E-state index in [4.69, 9.17) is 15.0 Å². The molecule has 2 aromatic rings. The van der Waals surface area contributed by atoms with Gasteiger partial charge < -0.3 is 15.0 Å². The molecule has 0 saturated heterocycles. The molecule has 1 saturated carbocycles. The molecular weight excluding hydrogens is 310 g/mol. The molecule has 19 heavy (non-hydrogen) atoms. The minimum absolute atomic E-state index is 0.259. The lowest BCUT2D eigenvalue weighted by atomic mass is 10.2. The Morgan fingerprint density at radius 2 is 2.26 bits per heavy atom. The third-order valence-corrected chi connectivity index (χ3v) is 3.66. The van der Waals surface area contributed by atoms with Gasteiger partial charge in [-0.1, -0.05) is 17.3 Å². The third kappa shape index (κ3) is 2.79. The number of hydrogen-bond donors (Lipinski definition) is 1. The smallest absolute Gasteiger partial charge is 0.264 e. The second-order valence-electron chi connectivity index (χ2n) is 4.54. The Hall–Kier alpha value is -1.40. The summed E-state index contributed by atoms with van der Waals surface area (Å²) in [4.78, 5) is 4.32. The van der Waals surface area contributed by atoms with Gasteiger partial charge in [0.05, 0.1) is 4.47 Å². The van der Waals surface area contributed by atoms with Crippen molar-refractivity contribution in [2.75, 3.05) is 0 Å². The molecule has 6 heteroatoms. The number of benzene rings is 1. The largest absolute Gasteiger partial charge is 0.482 e. The highest BCUT2D eigenvalue weighted by atomic mass is 79.9. The molecule has 3 rings (SSSR count). The standard InChI is InChI=1S/C13H14BrN3O2/c14-10-3-1-2-9(6-15)12(10)18-7-11-16-13(17-19-11)8-4-5-8/h1-3,8H,4-7,15H2. The number of nitrogens with two attached hydrogens (primary N) is 1. The van der Waals surface area contributed by atoms with Gasteiger partial charge in [0.1, 0.15) is 5.75 Å². The first-order valence-corrected chi connectivity index (χ1v) is 7.00. The number of para-hydroxylation sites is 1. The summed E-state index contributed by atoms with van der Waals surface area (Å²) in [7, 11) is 0. The van der Waals surface area contributed by atoms with Gasteiger partial charge in [-0.25, -0.2) is 0 Å². The summed E-state index contributed by atoms with van der Waals surface area (Å²) in [6.07, 6.45) is 2.31. The quantitative estimate of drug-likeness (QED) is 0.915. The SMILES string of the molecule is NCc1cccc(Br)c1OCc1nc(C2CC2)no1. The molecule has 1 aromatic heterocycles. The zero-order chi connectivity index (χ0) is 13.2. The predicted octanol–water partition coefficient (Wildman–Crippen LogP) is 2.75. The first-order valence-electron chi connectivity index (χ1n) is 6.20. The van der Waals surface area contributed by atoms with E-state index in [0.717, 1.165) is 34.5 Å². The maximum Gasteiger partial charge on any atom is 0.264 e. The van der Waals surface area contributed by atoms with Gasteiger partial charge in [-0.2, -0.15) is 4.98 Å². The maximum absolute atomic E-state index is 5.74. The van der Waals surface area contributed by atoms with E-state index < -0.39 is 0 Å². The van der Waals surface area contributed by atoms with Crippen molar-refractivity contribution >= 4 is 15.9 Å². The molecule has 100 valence electrons. The number of ether oxygens (including phenoxy) is 1. The van der Waals surface area contributed by atoms with Crippen LogP contribution in [0.1, 0.15) is 36.0 Å². The third-order valence-electron chi connectivity index (χ3n) is 3.03. The van der Waals surface area contributed by atoms with Crippen LogP contribution in [0.3, 0.4) is 0 Å². The zero-order valence-electron chi connectivity index (χ0n) is 10.3. The highest BCUT2D eigenvalue weighted by Crippen LogP contribution is 2.38. The fourth-order valence-electron chi connectivity index (χ4n) is 1.84. The van der Waals surface area contributed by atoms with Crippen molar-refractivity contribution in [1.29, 1.82) is 0 Å². The second kappa shape index (κ2) is 5.30. The monoisotopic (exact) mass is 323 g/mol. The summed E-state index contributed by atoms with van der Waals surface area (Å²) >= 11 is 3.45. The van der Waals surface area contributed by atoms with Gasteiger partial charge in [0.25, 0.3) is 5.89 Å². The molecule has 0 aliphatic heterocycles. The Balaban J connectivity index is 1.71. The topological polar surface area (TPSA) is 74.2 Å². The summed E-state index contributed by atoms with van der Waals surface area (Å²) in [5.74, 6) is 2.52. The molecule has 0 radical (unpaired) electrons. The lowest BCUT2D eigenvalue weighted by molar-refractivity contribution is 0.239. The van der Waals surface area contributed by atoms with E-state index in [-0.39, 0.29) is 6.61 Å². The molecule has 0 bridgehead atoms. The van der Waals surface area contributed by atoms with Crippen LogP contribution < -0.4 is 10.5 Å². The van der Waals surface area contributed by atoms with Crippen LogP contribution in [0, 0.1) is 0 Å². The lowest BCUT2D eigenvalue weighted by Crippen LogP contribution is -2.03. The second-order valence-corrected chi connectivity index (χ2v) is 5.40. The van der Waals surface area contributed by atoms with E-state index in [2.05, 4.69) is 26.1 Å². The van der Waals surface area contributed by atoms with Crippen LogP contribution >= 0.6 is 15.9 Å². The molecule has 0 unspecified atom stereocenters. The number of hydrogen-bond acceptors (Lipinski definition) is 5. The van der Waals surface area contributed by atoms with Gasteiger partial charge >= 0.3 is 0 Å². The van der Waals surface area contributed by atoms with Crippen LogP contribution in [0.15, 0.2) is 27.2 Å². The van der Waals surface area contributed by atoms with Gasteiger partial charge in [-0.15, -0.1) is 0 Å². The van der Waals surface area contributed by atoms with Crippen molar-refractivity contribution in [3.63, 3.8) is 0 Å². The molecule has 1 fully saturated rings. The van der Waals surface area contributed by atoms with Crippen molar-refractivity contribution in [2.24, 2.45) is 5.73 Å². The van der Waals surface area contributed by atoms with Crippen molar-refractivity contribution in [1.82, 2.24) is 10.1 Å². The number of rotatable bonds is 5. The number of halogens is 1. The van der Waals surface area contributed by atoms with Gasteiger partial charge in [0.2, 0.25) is 0 Å². The van der Waals surface area contributed by atoms with E-state index in [9.17, 15) is 0 Å². The van der Waals surface area contributed by atoms with Crippen LogP contribution in [0.25, 0.3) is 0 Å². The molecule has 1 aliphatic rings. The van der Waals surface area contributed by atoms with Gasteiger partial charge in [0, 0.05) is 18.0 Å². The molecule has 0 amide bonds. The van der Waals surface area contributed by atoms with E-state index in [1.807, 2.05) is 18.2 Å². The molecule has 2 N–H and O–H groups in total. The molecule has 1 aromatic carbocycles. The van der Waals surface area contributed by atoms with Gasteiger partial charge in [-0.3, -0.25) is 0 Å². The first kappa shape index (κ1) is 12.6. The van der Waals surface area contributed by atoms with Crippen LogP contribution in [0.2, 0.25) is 0 Å². The molecule has 1 aliphatic carbocycles. The Morgan fingerprint density at radius 3 is 3.00 bits per heavy atom. The van der Waals surface area contributed by atoms with Crippen LogP contribution in [0.4, 0.5) is 0 Å². The average Bonchev–Trinajstić information content (AvgIpc) is 3.17. The maximum atomic E-state index is 5.74. The highest BCUT2D eigenvalue weighted by molar-refractivity contribution is 9.10. The van der Waals surface area contributed by atoms with Crippen molar-refractivity contribution in [3.8, 4) is 5.75 Å². The molecule has 0 atom stereocenters. The van der Waals surface area contributed by atoms with Gasteiger partial charge in [-0.05, 0) is 34.8 Å². The van der Waals surface area contributed by atoms with E-state index in [1.165, 1.54) is 0 Å². The highest BCUT2D eigenvalue weighted by Gasteiger charge is 2.28.